The summed E-state index contributed by atoms with van der Waals surface area (Å²) in [5.41, 5.74) is 0.581. The molecule has 13 saturated carbocycles. The summed E-state index contributed by atoms with van der Waals surface area (Å²) in [7, 11) is -5.95. The van der Waals surface area contributed by atoms with E-state index in [-0.39, 0.29) is 23.3 Å². The van der Waals surface area contributed by atoms with Crippen molar-refractivity contribution < 1.29 is 34.8 Å². The Hall–Kier alpha value is -2.81. The molecule has 31 atom stereocenters. The summed E-state index contributed by atoms with van der Waals surface area (Å²) < 4.78 is 115. The smallest absolute Gasteiger partial charge is 0.214 e. The quantitative estimate of drug-likeness (QED) is 0.226. The van der Waals surface area contributed by atoms with E-state index in [0.717, 1.165) is 93.6 Å². The van der Waals surface area contributed by atoms with Crippen LogP contribution in [-0.4, -0.2) is 20.1 Å². The highest BCUT2D eigenvalue weighted by Gasteiger charge is 2.91. The number of aryl methyl sites for hydroxylation is 2. The van der Waals surface area contributed by atoms with Crippen LogP contribution in [0.15, 0.2) is 76.7 Å². The van der Waals surface area contributed by atoms with Gasteiger partial charge in [0.15, 0.2) is 0 Å². The minimum absolute atomic E-state index is 0.0196. The molecule has 67 heavy (non-hydrogen) atoms. The third-order valence-corrected chi connectivity index (χ3v) is 28.1. The van der Waals surface area contributed by atoms with E-state index in [1.807, 2.05) is 11.1 Å². The Morgan fingerprint density at radius 1 is 0.478 bits per heavy atom. The Balaban J connectivity index is 0.911. The topological polar surface area (TPSA) is 34.1 Å². The van der Waals surface area contributed by atoms with Crippen LogP contribution in [0, 0.1) is 191 Å². The summed E-state index contributed by atoms with van der Waals surface area (Å²) in [4.78, 5) is -1.03. The Morgan fingerprint density at radius 2 is 0.955 bits per heavy atom. The maximum Gasteiger partial charge on any atom is 0.501 e. The van der Waals surface area contributed by atoms with Gasteiger partial charge in [0.05, 0.1) is 11.3 Å². The summed E-state index contributed by atoms with van der Waals surface area (Å²) in [5.74, 6) is 18.5. The molecule has 13 fully saturated rings. The van der Waals surface area contributed by atoms with Gasteiger partial charge in [-0.2, -0.15) is 26.3 Å². The van der Waals surface area contributed by atoms with E-state index >= 15 is 0 Å². The van der Waals surface area contributed by atoms with Gasteiger partial charge in [0.2, 0.25) is 0 Å². The maximum atomic E-state index is 14.7. The first kappa shape index (κ1) is 37.9. The standard InChI is InChI=1S/C58H56F6O2S/c1-18-11-19(2)13-21(12-18)57(22-14-20(17-56(59,60)61)15-23(16-22)67(65,66)58(62,63)64)54-40-30-9-7-28-26-5-3-24-25-4-6-27-29-8-10-31-39-37(29)44-35(27)33(25)42-32(24)34(26)43-36(28)38(30)45-47(40)48(41(31)55(54)57)46(39)53-51(44)49(42)50(43)52(45)53/h3,5,7,9,11-16,24-42,44-49,51-55H,4,6,8,10,17H2,1-2H3. The van der Waals surface area contributed by atoms with E-state index in [9.17, 15) is 34.8 Å². The Bertz CT molecular complexity index is 2960. The van der Waals surface area contributed by atoms with Crippen LogP contribution in [0.4, 0.5) is 26.3 Å². The molecule has 0 radical (unpaired) electrons. The van der Waals surface area contributed by atoms with E-state index < -0.39 is 38.3 Å². The number of fused-ring (bicyclic) bond motifs is 8. The number of allylic oxidation sites excluding steroid dienone is 6. The first-order valence-corrected chi connectivity index (χ1v) is 28.3. The van der Waals surface area contributed by atoms with Gasteiger partial charge in [-0.1, -0.05) is 70.8 Å². The summed E-state index contributed by atoms with van der Waals surface area (Å²) in [6.45, 7) is 4.13. The van der Waals surface area contributed by atoms with Crippen LogP contribution in [0.25, 0.3) is 0 Å². The molecule has 2 aromatic rings. The monoisotopic (exact) mass is 930 g/mol. The largest absolute Gasteiger partial charge is 0.501 e. The first-order valence-electron chi connectivity index (χ1n) is 26.8. The van der Waals surface area contributed by atoms with Crippen molar-refractivity contribution in [3.63, 3.8) is 0 Å². The number of benzene rings is 2. The van der Waals surface area contributed by atoms with Gasteiger partial charge in [0.1, 0.15) is 0 Å². The van der Waals surface area contributed by atoms with Gasteiger partial charge in [0.25, 0.3) is 9.84 Å². The van der Waals surface area contributed by atoms with Crippen molar-refractivity contribution in [3.8, 4) is 0 Å². The molecular weight excluding hydrogens is 875 g/mol. The second kappa shape index (κ2) is 10.8. The van der Waals surface area contributed by atoms with Crippen LogP contribution in [0.2, 0.25) is 0 Å². The molecule has 0 saturated heterocycles. The van der Waals surface area contributed by atoms with E-state index in [1.54, 1.807) is 6.07 Å². The van der Waals surface area contributed by atoms with Crippen LogP contribution >= 0.6 is 0 Å². The zero-order valence-electron chi connectivity index (χ0n) is 37.6. The third kappa shape index (κ3) is 3.63. The molecule has 31 unspecified atom stereocenters. The van der Waals surface area contributed by atoms with E-state index in [0.29, 0.717) is 94.5 Å². The molecule has 0 spiro atoms. The number of halogens is 6. The molecular formula is C58H56F6O2S. The lowest BCUT2D eigenvalue weighted by Crippen LogP contribution is -2.58. The highest BCUT2D eigenvalue weighted by atomic mass is 32.2. The molecule has 0 heterocycles. The molecule has 0 aliphatic heterocycles. The van der Waals surface area contributed by atoms with E-state index in [1.165, 1.54) is 31.7 Å². The number of rotatable bonds is 4. The summed E-state index contributed by atoms with van der Waals surface area (Å²) in [5, 5.41) is 0. The fraction of sp³-hybridized carbons (Fsp3) is 0.690. The van der Waals surface area contributed by atoms with Gasteiger partial charge in [0, 0.05) is 5.41 Å². The van der Waals surface area contributed by atoms with Crippen molar-refractivity contribution in [2.75, 3.05) is 0 Å². The third-order valence-electron chi connectivity index (χ3n) is 26.6. The molecule has 0 amide bonds. The predicted molar refractivity (Wildman–Crippen MR) is 235 cm³/mol. The number of sulfone groups is 1. The molecule has 9 heteroatoms. The Labute approximate surface area is 388 Å². The van der Waals surface area contributed by atoms with E-state index in [2.05, 4.69) is 56.4 Å². The van der Waals surface area contributed by atoms with Crippen LogP contribution in [-0.2, 0) is 21.7 Å². The second-order valence-electron chi connectivity index (χ2n) is 27.0. The van der Waals surface area contributed by atoms with Crippen LogP contribution in [0.3, 0.4) is 0 Å². The fourth-order valence-corrected chi connectivity index (χ4v) is 28.3. The van der Waals surface area contributed by atoms with Crippen molar-refractivity contribution in [3.05, 3.63) is 99.7 Å². The number of hydrogen-bond acceptors (Lipinski definition) is 2. The molecule has 17 aliphatic rings. The van der Waals surface area contributed by atoms with Gasteiger partial charge < -0.3 is 0 Å². The average molecular weight is 931 g/mol. The maximum absolute atomic E-state index is 14.7. The molecule has 17 aliphatic carbocycles. The predicted octanol–water partition coefficient (Wildman–Crippen LogP) is 11.7. The average Bonchev–Trinajstić information content (AvgIpc) is 3.85. The molecule has 2 nitrogen and oxygen atoms in total. The number of alkyl halides is 6. The van der Waals surface area contributed by atoms with Crippen molar-refractivity contribution >= 4 is 9.84 Å². The highest BCUT2D eigenvalue weighted by Crippen LogP contribution is 2.94. The van der Waals surface area contributed by atoms with Crippen LogP contribution in [0.1, 0.15) is 53.5 Å². The minimum Gasteiger partial charge on any atom is -0.214 e. The highest BCUT2D eigenvalue weighted by molar-refractivity contribution is 7.92. The van der Waals surface area contributed by atoms with Crippen LogP contribution < -0.4 is 0 Å². The normalized spacial score (nSPS) is 59.8. The Morgan fingerprint density at radius 3 is 1.63 bits per heavy atom. The molecule has 0 bridgehead atoms. The van der Waals surface area contributed by atoms with Crippen molar-refractivity contribution in [1.29, 1.82) is 0 Å². The fourth-order valence-electron chi connectivity index (χ4n) is 27.4. The van der Waals surface area contributed by atoms with Gasteiger partial charge >= 0.3 is 11.7 Å². The first-order chi connectivity index (χ1) is 32.1. The summed E-state index contributed by atoms with van der Waals surface area (Å²) >= 11 is 0. The lowest BCUT2D eigenvalue weighted by Gasteiger charge is -2.61. The van der Waals surface area contributed by atoms with Gasteiger partial charge in [-0.25, -0.2) is 8.42 Å². The molecule has 348 valence electrons. The second-order valence-corrected chi connectivity index (χ2v) is 29.0. The van der Waals surface area contributed by atoms with Gasteiger partial charge in [-0.3, -0.25) is 0 Å². The molecule has 0 N–H and O–H groups in total. The molecule has 2 aromatic carbocycles. The van der Waals surface area contributed by atoms with Crippen molar-refractivity contribution in [2.45, 2.75) is 67.9 Å². The minimum atomic E-state index is -5.95. The lowest BCUT2D eigenvalue weighted by atomic mass is 9.43. The zero-order chi connectivity index (χ0) is 44.5. The Kier molecular flexibility index (Phi) is 6.14. The SMILES string of the molecule is Cc1cc(C)cc(C2(c3cc(CC(F)(F)F)cc(S(=O)(=O)C(F)(F)F)c3)C3C4C5C=CC6C7C=CC8C9CCC%10C%11CCC%12C%13C%11C%11C%10C9C9C%10C%14=C(C7C89)C6C5C5C%14C(C%10%11)C%13C(C54)C%12C32)c1. The lowest BCUT2D eigenvalue weighted by molar-refractivity contribution is -0.147. The summed E-state index contributed by atoms with van der Waals surface area (Å²) in [6, 6.07) is 10.00. The van der Waals surface area contributed by atoms with Crippen molar-refractivity contribution in [1.82, 2.24) is 0 Å². The number of hydrogen-bond donors (Lipinski definition) is 0. The molecule has 19 rings (SSSR count). The molecule has 0 aromatic heterocycles. The van der Waals surface area contributed by atoms with Gasteiger partial charge in [-0.05, 0) is 246 Å². The van der Waals surface area contributed by atoms with E-state index in [4.69, 9.17) is 0 Å². The van der Waals surface area contributed by atoms with Gasteiger partial charge in [-0.15, -0.1) is 0 Å². The van der Waals surface area contributed by atoms with Crippen molar-refractivity contribution in [2.24, 2.45) is 178 Å². The van der Waals surface area contributed by atoms with Crippen LogP contribution in [0.5, 0.6) is 0 Å². The summed E-state index contributed by atoms with van der Waals surface area (Å²) in [6.07, 6.45) is 10.1. The zero-order valence-corrected chi connectivity index (χ0v) is 38.4.